The lowest BCUT2D eigenvalue weighted by molar-refractivity contribution is 0.0945. The number of rotatable bonds is 5. The minimum absolute atomic E-state index is 0.134. The van der Waals surface area contributed by atoms with E-state index in [-0.39, 0.29) is 12.2 Å². The molecule has 120 valence electrons. The fourth-order valence-corrected chi connectivity index (χ4v) is 1.94. The summed E-state index contributed by atoms with van der Waals surface area (Å²) in [5.41, 5.74) is 1.56. The Hall–Kier alpha value is -3.54. The Morgan fingerprint density at radius 3 is 3.00 bits per heavy atom. The van der Waals surface area contributed by atoms with Crippen molar-refractivity contribution in [2.75, 3.05) is 0 Å². The molecule has 0 radical (unpaired) electrons. The third-order valence-electron chi connectivity index (χ3n) is 3.28. The van der Waals surface area contributed by atoms with Crippen molar-refractivity contribution in [1.82, 2.24) is 30.5 Å². The number of pyridine rings is 1. The molecular formula is C15H13N7O2. The van der Waals surface area contributed by atoms with Crippen LogP contribution in [0.2, 0.25) is 0 Å². The van der Waals surface area contributed by atoms with E-state index < -0.39 is 11.9 Å². The van der Waals surface area contributed by atoms with Crippen molar-refractivity contribution in [2.24, 2.45) is 0 Å². The number of aromatic nitrogens is 5. The first-order valence-corrected chi connectivity index (χ1v) is 7.13. The van der Waals surface area contributed by atoms with E-state index in [9.17, 15) is 4.79 Å². The lowest BCUT2D eigenvalue weighted by Gasteiger charge is -1.99. The number of nitrogens with zero attached hydrogens (tertiary/aromatic N) is 6. The highest BCUT2D eigenvalue weighted by molar-refractivity contribution is 5.91. The fraction of sp³-hybridized carbons (Fsp3) is 0.200. The van der Waals surface area contributed by atoms with Gasteiger partial charge < -0.3 is 9.84 Å². The van der Waals surface area contributed by atoms with Crippen LogP contribution in [0.4, 0.5) is 0 Å². The standard InChI is InChI=1S/C15H13N7O2/c1-10(7-16)22-9-13(19-21-22)15(23)18-8-12-6-14(24-20-12)11-2-4-17-5-3-11/h2-6,9-10H,8H2,1H3,(H,18,23)/t10-/m1/s1. The summed E-state index contributed by atoms with van der Waals surface area (Å²) in [6.07, 6.45) is 4.74. The molecule has 0 aliphatic carbocycles. The van der Waals surface area contributed by atoms with Crippen molar-refractivity contribution in [3.63, 3.8) is 0 Å². The molecular weight excluding hydrogens is 310 g/mol. The zero-order valence-electron chi connectivity index (χ0n) is 12.7. The zero-order valence-corrected chi connectivity index (χ0v) is 12.7. The highest BCUT2D eigenvalue weighted by Gasteiger charge is 2.14. The minimum atomic E-state index is -0.488. The third-order valence-corrected chi connectivity index (χ3v) is 3.28. The van der Waals surface area contributed by atoms with E-state index in [4.69, 9.17) is 9.78 Å². The van der Waals surface area contributed by atoms with Gasteiger partial charge in [0.05, 0.1) is 18.8 Å². The average molecular weight is 323 g/mol. The summed E-state index contributed by atoms with van der Waals surface area (Å²) in [7, 11) is 0. The number of hydrogen-bond donors (Lipinski definition) is 1. The summed E-state index contributed by atoms with van der Waals surface area (Å²) in [6.45, 7) is 1.85. The molecule has 0 aliphatic heterocycles. The summed E-state index contributed by atoms with van der Waals surface area (Å²) in [5.74, 6) is 0.190. The summed E-state index contributed by atoms with van der Waals surface area (Å²) < 4.78 is 6.57. The van der Waals surface area contributed by atoms with Crippen molar-refractivity contribution in [2.45, 2.75) is 19.5 Å². The molecule has 0 saturated carbocycles. The van der Waals surface area contributed by atoms with Gasteiger partial charge in [-0.15, -0.1) is 5.10 Å². The quantitative estimate of drug-likeness (QED) is 0.751. The van der Waals surface area contributed by atoms with Gasteiger partial charge in [-0.05, 0) is 19.1 Å². The molecule has 24 heavy (non-hydrogen) atoms. The maximum atomic E-state index is 12.0. The van der Waals surface area contributed by atoms with E-state index in [1.54, 1.807) is 37.5 Å². The van der Waals surface area contributed by atoms with Crippen LogP contribution in [0.5, 0.6) is 0 Å². The molecule has 1 N–H and O–H groups in total. The highest BCUT2D eigenvalue weighted by Crippen LogP contribution is 2.19. The number of nitriles is 1. The molecule has 0 unspecified atom stereocenters. The molecule has 3 heterocycles. The molecule has 0 bridgehead atoms. The molecule has 3 rings (SSSR count). The van der Waals surface area contributed by atoms with Crippen molar-refractivity contribution < 1.29 is 9.32 Å². The van der Waals surface area contributed by atoms with Gasteiger partial charge in [-0.3, -0.25) is 9.78 Å². The molecule has 0 saturated heterocycles. The Bertz CT molecular complexity index is 879. The summed E-state index contributed by atoms with van der Waals surface area (Å²) in [5, 5.41) is 22.9. The lowest BCUT2D eigenvalue weighted by Crippen LogP contribution is -2.23. The molecule has 1 amide bonds. The van der Waals surface area contributed by atoms with Gasteiger partial charge in [-0.2, -0.15) is 5.26 Å². The topological polar surface area (TPSA) is 123 Å². The van der Waals surface area contributed by atoms with Crippen LogP contribution in [-0.4, -0.2) is 31.0 Å². The molecule has 1 atom stereocenters. The van der Waals surface area contributed by atoms with Crippen molar-refractivity contribution >= 4 is 5.91 Å². The van der Waals surface area contributed by atoms with Crippen LogP contribution >= 0.6 is 0 Å². The normalized spacial score (nSPS) is 11.7. The van der Waals surface area contributed by atoms with Crippen LogP contribution in [-0.2, 0) is 6.54 Å². The Labute approximate surface area is 136 Å². The predicted molar refractivity (Wildman–Crippen MR) is 81.3 cm³/mol. The molecule has 3 aromatic rings. The van der Waals surface area contributed by atoms with Gasteiger partial charge in [0.15, 0.2) is 11.5 Å². The summed E-state index contributed by atoms with van der Waals surface area (Å²) >= 11 is 0. The molecule has 0 aliphatic rings. The second-order valence-corrected chi connectivity index (χ2v) is 4.99. The SMILES string of the molecule is C[C@H](C#N)n1cc(C(=O)NCc2cc(-c3ccncc3)on2)nn1. The fourth-order valence-electron chi connectivity index (χ4n) is 1.94. The van der Waals surface area contributed by atoms with Gasteiger partial charge in [0.2, 0.25) is 0 Å². The minimum Gasteiger partial charge on any atom is -0.356 e. The van der Waals surface area contributed by atoms with Gasteiger partial charge in [0, 0.05) is 24.0 Å². The first kappa shape index (κ1) is 15.4. The van der Waals surface area contributed by atoms with E-state index in [0.717, 1.165) is 5.56 Å². The summed E-state index contributed by atoms with van der Waals surface area (Å²) in [6, 6.07) is 6.87. The van der Waals surface area contributed by atoms with E-state index in [1.807, 2.05) is 6.07 Å². The largest absolute Gasteiger partial charge is 0.356 e. The molecule has 9 heteroatoms. The summed E-state index contributed by atoms with van der Waals surface area (Å²) in [4.78, 5) is 16.0. The molecule has 9 nitrogen and oxygen atoms in total. The third kappa shape index (κ3) is 3.27. The monoisotopic (exact) mass is 323 g/mol. The van der Waals surface area contributed by atoms with Crippen molar-refractivity contribution in [3.8, 4) is 17.4 Å². The maximum absolute atomic E-state index is 12.0. The van der Waals surface area contributed by atoms with Gasteiger partial charge >= 0.3 is 0 Å². The van der Waals surface area contributed by atoms with Crippen molar-refractivity contribution in [3.05, 3.63) is 48.2 Å². The smallest absolute Gasteiger partial charge is 0.273 e. The van der Waals surface area contributed by atoms with Crippen LogP contribution in [0, 0.1) is 11.3 Å². The van der Waals surface area contributed by atoms with E-state index >= 15 is 0 Å². The van der Waals surface area contributed by atoms with Crippen LogP contribution in [0.3, 0.4) is 0 Å². The number of amides is 1. The number of hydrogen-bond acceptors (Lipinski definition) is 7. The Morgan fingerprint density at radius 1 is 1.46 bits per heavy atom. The Balaban J connectivity index is 1.62. The van der Waals surface area contributed by atoms with E-state index in [1.165, 1.54) is 10.9 Å². The van der Waals surface area contributed by atoms with Gasteiger partial charge in [-0.1, -0.05) is 10.4 Å². The van der Waals surface area contributed by atoms with Gasteiger partial charge in [0.1, 0.15) is 11.7 Å². The lowest BCUT2D eigenvalue weighted by atomic mass is 10.2. The maximum Gasteiger partial charge on any atom is 0.273 e. The second-order valence-electron chi connectivity index (χ2n) is 4.99. The zero-order chi connectivity index (χ0) is 16.9. The molecule has 0 spiro atoms. The number of nitrogens with one attached hydrogen (secondary N) is 1. The number of carbonyl (C=O) groups is 1. The van der Waals surface area contributed by atoms with Crippen LogP contribution in [0.1, 0.15) is 29.1 Å². The van der Waals surface area contributed by atoms with Crippen molar-refractivity contribution in [1.29, 1.82) is 5.26 Å². The highest BCUT2D eigenvalue weighted by atomic mass is 16.5. The Kier molecular flexibility index (Phi) is 4.29. The Morgan fingerprint density at radius 2 is 2.25 bits per heavy atom. The molecule has 0 fully saturated rings. The second kappa shape index (κ2) is 6.70. The van der Waals surface area contributed by atoms with E-state index in [0.29, 0.717) is 11.5 Å². The average Bonchev–Trinajstić information content (AvgIpc) is 3.29. The van der Waals surface area contributed by atoms with Crippen LogP contribution in [0.15, 0.2) is 41.3 Å². The molecule has 3 aromatic heterocycles. The van der Waals surface area contributed by atoms with E-state index in [2.05, 4.69) is 25.8 Å². The predicted octanol–water partition coefficient (Wildman–Crippen LogP) is 1.34. The first-order chi connectivity index (χ1) is 11.7. The van der Waals surface area contributed by atoms with Gasteiger partial charge in [0.25, 0.3) is 5.91 Å². The van der Waals surface area contributed by atoms with Gasteiger partial charge in [-0.25, -0.2) is 4.68 Å². The first-order valence-electron chi connectivity index (χ1n) is 7.13. The molecule has 0 aromatic carbocycles. The number of carbonyl (C=O) groups excluding carboxylic acids is 1. The van der Waals surface area contributed by atoms with Crippen LogP contribution in [0.25, 0.3) is 11.3 Å². The van der Waals surface area contributed by atoms with Crippen LogP contribution < -0.4 is 5.32 Å².